The summed E-state index contributed by atoms with van der Waals surface area (Å²) in [6.45, 7) is -1.51. The van der Waals surface area contributed by atoms with E-state index in [1.54, 1.807) is 6.07 Å². The largest absolute Gasteiger partial charge is 0.401 e. The Hall–Kier alpha value is -0.780. The van der Waals surface area contributed by atoms with Gasteiger partial charge in [-0.05, 0) is 17.7 Å². The lowest BCUT2D eigenvalue weighted by Crippen LogP contribution is -2.33. The number of benzene rings is 1. The topological polar surface area (TPSA) is 29.1 Å². The molecule has 0 aliphatic carbocycles. The second kappa shape index (κ2) is 6.41. The minimum absolute atomic E-state index is 0.0156. The lowest BCUT2D eigenvalue weighted by Gasteiger charge is -2.07. The Kier molecular flexibility index (Phi) is 5.44. The van der Waals surface area contributed by atoms with Gasteiger partial charge in [-0.3, -0.25) is 4.79 Å². The summed E-state index contributed by atoms with van der Waals surface area (Å²) in [5.41, 5.74) is 0.614. The van der Waals surface area contributed by atoms with Crippen LogP contribution in [0.3, 0.4) is 0 Å². The lowest BCUT2D eigenvalue weighted by atomic mass is 10.1. The third-order valence-electron chi connectivity index (χ3n) is 2.03. The van der Waals surface area contributed by atoms with Crippen molar-refractivity contribution in [2.45, 2.75) is 12.6 Å². The Balaban J connectivity index is 2.42. The highest BCUT2D eigenvalue weighted by molar-refractivity contribution is 6.42. The molecule has 0 fully saturated rings. The van der Waals surface area contributed by atoms with E-state index in [0.717, 1.165) is 0 Å². The van der Waals surface area contributed by atoms with Crippen LogP contribution in [0.1, 0.15) is 5.56 Å². The molecule has 1 aromatic carbocycles. The van der Waals surface area contributed by atoms with Crippen LogP contribution < -0.4 is 5.32 Å². The number of carbonyl (C=O) groups excluding carboxylic acids is 1. The molecule has 0 bridgehead atoms. The van der Waals surface area contributed by atoms with Gasteiger partial charge in [0.2, 0.25) is 0 Å². The first kappa shape index (κ1) is 15.3. The van der Waals surface area contributed by atoms with Crippen LogP contribution in [0.2, 0.25) is 10.0 Å². The number of carbonyl (C=O) groups is 1. The molecule has 1 N–H and O–H groups in total. The average molecular weight is 300 g/mol. The van der Waals surface area contributed by atoms with Gasteiger partial charge in [-0.2, -0.15) is 13.2 Å². The van der Waals surface area contributed by atoms with Crippen molar-refractivity contribution in [3.8, 4) is 0 Å². The summed E-state index contributed by atoms with van der Waals surface area (Å²) in [6.07, 6.45) is -4.30. The normalized spacial score (nSPS) is 11.6. The molecule has 0 amide bonds. The quantitative estimate of drug-likeness (QED) is 0.904. The zero-order chi connectivity index (χ0) is 13.8. The smallest absolute Gasteiger partial charge is 0.302 e. The average Bonchev–Trinajstić information content (AvgIpc) is 2.21. The molecule has 0 aromatic heterocycles. The summed E-state index contributed by atoms with van der Waals surface area (Å²) in [6, 6.07) is 4.66. The van der Waals surface area contributed by atoms with Gasteiger partial charge in [-0.1, -0.05) is 29.3 Å². The van der Waals surface area contributed by atoms with Gasteiger partial charge in [0.15, 0.2) is 5.78 Å². The predicted octanol–water partition coefficient (Wildman–Crippen LogP) is 3.26. The number of halogens is 5. The summed E-state index contributed by atoms with van der Waals surface area (Å²) in [5, 5.41) is 2.71. The van der Waals surface area contributed by atoms with Gasteiger partial charge >= 0.3 is 6.18 Å². The molecule has 0 heterocycles. The van der Waals surface area contributed by atoms with Crippen molar-refractivity contribution in [1.29, 1.82) is 0 Å². The summed E-state index contributed by atoms with van der Waals surface area (Å²) < 4.78 is 35.5. The van der Waals surface area contributed by atoms with Crippen molar-refractivity contribution in [2.75, 3.05) is 13.1 Å². The molecule has 0 saturated heterocycles. The van der Waals surface area contributed by atoms with Crippen LogP contribution >= 0.6 is 23.2 Å². The van der Waals surface area contributed by atoms with Gasteiger partial charge in [0, 0.05) is 6.42 Å². The Bertz CT molecular complexity index is 435. The number of ketones is 1. The van der Waals surface area contributed by atoms with Crippen LogP contribution in [0, 0.1) is 0 Å². The fourth-order valence-electron chi connectivity index (χ4n) is 1.28. The van der Waals surface area contributed by atoms with Gasteiger partial charge in [-0.25, -0.2) is 0 Å². The first-order valence-corrected chi connectivity index (χ1v) is 5.76. The Morgan fingerprint density at radius 3 is 2.44 bits per heavy atom. The lowest BCUT2D eigenvalue weighted by molar-refractivity contribution is -0.127. The van der Waals surface area contributed by atoms with E-state index in [0.29, 0.717) is 15.6 Å². The Morgan fingerprint density at radius 1 is 1.22 bits per heavy atom. The molecule has 0 spiro atoms. The summed E-state index contributed by atoms with van der Waals surface area (Å²) in [5.74, 6) is -0.349. The molecule has 0 unspecified atom stereocenters. The SMILES string of the molecule is O=C(CNCC(F)(F)F)Cc1ccc(Cl)c(Cl)c1. The number of hydrogen-bond donors (Lipinski definition) is 1. The van der Waals surface area contributed by atoms with E-state index >= 15 is 0 Å². The highest BCUT2D eigenvalue weighted by Gasteiger charge is 2.26. The molecule has 2 nitrogen and oxygen atoms in total. The van der Waals surface area contributed by atoms with Crippen molar-refractivity contribution >= 4 is 29.0 Å². The molecule has 7 heteroatoms. The number of rotatable bonds is 5. The fourth-order valence-corrected chi connectivity index (χ4v) is 1.60. The van der Waals surface area contributed by atoms with Crippen molar-refractivity contribution in [2.24, 2.45) is 0 Å². The second-order valence-corrected chi connectivity index (χ2v) is 4.50. The number of nitrogens with one attached hydrogen (secondary N) is 1. The second-order valence-electron chi connectivity index (χ2n) is 3.68. The molecule has 0 saturated carbocycles. The maximum atomic E-state index is 11.8. The molecule has 100 valence electrons. The summed E-state index contributed by atoms with van der Waals surface area (Å²) in [4.78, 5) is 11.4. The van der Waals surface area contributed by atoms with Gasteiger partial charge < -0.3 is 5.32 Å². The van der Waals surface area contributed by atoms with Crippen molar-refractivity contribution in [1.82, 2.24) is 5.32 Å². The third kappa shape index (κ3) is 5.71. The van der Waals surface area contributed by atoms with E-state index in [4.69, 9.17) is 23.2 Å². The maximum Gasteiger partial charge on any atom is 0.401 e. The van der Waals surface area contributed by atoms with E-state index in [1.807, 2.05) is 5.32 Å². The predicted molar refractivity (Wildman–Crippen MR) is 64.1 cm³/mol. The third-order valence-corrected chi connectivity index (χ3v) is 2.77. The number of Topliss-reactive ketones (excluding diaryl/α,β-unsaturated/α-hetero) is 1. The van der Waals surface area contributed by atoms with Gasteiger partial charge in [-0.15, -0.1) is 0 Å². The number of alkyl halides is 3. The molecular formula is C11H10Cl2F3NO. The molecule has 0 aliphatic rings. The zero-order valence-electron chi connectivity index (χ0n) is 9.15. The monoisotopic (exact) mass is 299 g/mol. The Morgan fingerprint density at radius 2 is 1.89 bits per heavy atom. The first-order chi connectivity index (χ1) is 8.28. The molecule has 0 aliphatic heterocycles. The van der Waals surface area contributed by atoms with Crippen LogP contribution in [-0.2, 0) is 11.2 Å². The minimum atomic E-state index is -4.32. The molecule has 1 aromatic rings. The van der Waals surface area contributed by atoms with Crippen molar-refractivity contribution < 1.29 is 18.0 Å². The standard InChI is InChI=1S/C11H10Cl2F3NO/c12-9-2-1-7(4-10(9)13)3-8(18)5-17-6-11(14,15)16/h1-2,4,17H,3,5-6H2. The maximum absolute atomic E-state index is 11.8. The van der Waals surface area contributed by atoms with Crippen molar-refractivity contribution in [3.05, 3.63) is 33.8 Å². The minimum Gasteiger partial charge on any atom is -0.302 e. The van der Waals surface area contributed by atoms with Crippen LogP contribution in [0.5, 0.6) is 0 Å². The van der Waals surface area contributed by atoms with Gasteiger partial charge in [0.1, 0.15) is 0 Å². The molecule has 0 radical (unpaired) electrons. The van der Waals surface area contributed by atoms with E-state index in [9.17, 15) is 18.0 Å². The van der Waals surface area contributed by atoms with E-state index in [2.05, 4.69) is 0 Å². The van der Waals surface area contributed by atoms with Crippen LogP contribution in [-0.4, -0.2) is 25.0 Å². The van der Waals surface area contributed by atoms with E-state index in [-0.39, 0.29) is 18.7 Å². The molecular weight excluding hydrogens is 290 g/mol. The van der Waals surface area contributed by atoms with Crippen molar-refractivity contribution in [3.63, 3.8) is 0 Å². The molecule has 1 rings (SSSR count). The highest BCUT2D eigenvalue weighted by Crippen LogP contribution is 2.22. The highest BCUT2D eigenvalue weighted by atomic mass is 35.5. The number of hydrogen-bond acceptors (Lipinski definition) is 2. The molecule has 0 atom stereocenters. The molecule has 18 heavy (non-hydrogen) atoms. The van der Waals surface area contributed by atoms with Crippen LogP contribution in [0.4, 0.5) is 13.2 Å². The summed E-state index contributed by atoms with van der Waals surface area (Å²) in [7, 11) is 0. The van der Waals surface area contributed by atoms with Crippen LogP contribution in [0.25, 0.3) is 0 Å². The van der Waals surface area contributed by atoms with Gasteiger partial charge in [0.05, 0.1) is 23.1 Å². The van der Waals surface area contributed by atoms with E-state index in [1.165, 1.54) is 12.1 Å². The van der Waals surface area contributed by atoms with Crippen LogP contribution in [0.15, 0.2) is 18.2 Å². The fraction of sp³-hybridized carbons (Fsp3) is 0.364. The summed E-state index contributed by atoms with van der Waals surface area (Å²) >= 11 is 11.5. The van der Waals surface area contributed by atoms with Gasteiger partial charge in [0.25, 0.3) is 0 Å². The Labute approximate surface area is 112 Å². The zero-order valence-corrected chi connectivity index (χ0v) is 10.7. The van der Waals surface area contributed by atoms with E-state index < -0.39 is 12.7 Å². The first-order valence-electron chi connectivity index (χ1n) is 5.01.